The number of aryl methyl sites for hydroxylation is 2. The summed E-state index contributed by atoms with van der Waals surface area (Å²) in [4.78, 5) is 0. The van der Waals surface area contributed by atoms with Gasteiger partial charge in [0.1, 0.15) is 6.61 Å². The van der Waals surface area contributed by atoms with Gasteiger partial charge in [-0.05, 0) is 37.1 Å². The third kappa shape index (κ3) is 5.81. The molecular formula is C26H26N4O2S. The Morgan fingerprint density at radius 1 is 0.939 bits per heavy atom. The largest absolute Gasteiger partial charge is 0.493 e. The molecule has 0 N–H and O–H groups in total. The highest BCUT2D eigenvalue weighted by atomic mass is 32.2. The van der Waals surface area contributed by atoms with E-state index in [0.717, 1.165) is 22.0 Å². The highest BCUT2D eigenvalue weighted by molar-refractivity contribution is 7.98. The fourth-order valence-electron chi connectivity index (χ4n) is 3.31. The van der Waals surface area contributed by atoms with E-state index in [4.69, 9.17) is 9.47 Å². The van der Waals surface area contributed by atoms with Crippen LogP contribution in [0.1, 0.15) is 28.1 Å². The fraction of sp³-hybridized carbons (Fsp3) is 0.192. The minimum atomic E-state index is 0.437. The second kappa shape index (κ2) is 10.8. The van der Waals surface area contributed by atoms with E-state index < -0.39 is 0 Å². The van der Waals surface area contributed by atoms with Gasteiger partial charge in [-0.1, -0.05) is 78.0 Å². The van der Waals surface area contributed by atoms with Gasteiger partial charge in [0.2, 0.25) is 5.16 Å². The fourth-order valence-corrected chi connectivity index (χ4v) is 4.20. The van der Waals surface area contributed by atoms with Crippen LogP contribution in [0.25, 0.3) is 0 Å². The molecule has 0 aliphatic carbocycles. The molecule has 168 valence electrons. The second-order valence-electron chi connectivity index (χ2n) is 7.52. The molecule has 7 heteroatoms. The average molecular weight is 459 g/mol. The molecular weight excluding hydrogens is 432 g/mol. The van der Waals surface area contributed by atoms with Crippen molar-refractivity contribution in [2.45, 2.75) is 31.4 Å². The van der Waals surface area contributed by atoms with Crippen molar-refractivity contribution in [1.29, 1.82) is 0 Å². The summed E-state index contributed by atoms with van der Waals surface area (Å²) in [7, 11) is 1.64. The van der Waals surface area contributed by atoms with Crippen LogP contribution in [0.4, 0.5) is 0 Å². The van der Waals surface area contributed by atoms with E-state index >= 15 is 0 Å². The number of para-hydroxylation sites is 1. The van der Waals surface area contributed by atoms with E-state index in [2.05, 4.69) is 46.5 Å². The molecule has 1 aromatic heterocycles. The molecule has 0 atom stereocenters. The van der Waals surface area contributed by atoms with Gasteiger partial charge in [-0.15, -0.1) is 10.2 Å². The Morgan fingerprint density at radius 2 is 1.73 bits per heavy atom. The first kappa shape index (κ1) is 22.6. The number of hydrogen-bond acceptors (Lipinski definition) is 6. The maximum atomic E-state index is 6.17. The van der Waals surface area contributed by atoms with Gasteiger partial charge in [-0.25, -0.2) is 0 Å². The number of nitrogens with zero attached hydrogens (tertiary/aromatic N) is 4. The molecule has 0 saturated heterocycles. The third-order valence-electron chi connectivity index (χ3n) is 4.99. The first-order valence-electron chi connectivity index (χ1n) is 10.6. The molecule has 0 radical (unpaired) electrons. The normalized spacial score (nSPS) is 11.1. The van der Waals surface area contributed by atoms with Gasteiger partial charge in [0.15, 0.2) is 17.3 Å². The lowest BCUT2D eigenvalue weighted by Gasteiger charge is -2.13. The zero-order chi connectivity index (χ0) is 23.0. The molecule has 6 nitrogen and oxygen atoms in total. The van der Waals surface area contributed by atoms with Crippen molar-refractivity contribution in [3.05, 3.63) is 101 Å². The summed E-state index contributed by atoms with van der Waals surface area (Å²) in [6.45, 7) is 4.39. The quantitative estimate of drug-likeness (QED) is 0.239. The zero-order valence-corrected chi connectivity index (χ0v) is 19.7. The van der Waals surface area contributed by atoms with Crippen LogP contribution in [-0.4, -0.2) is 28.2 Å². The van der Waals surface area contributed by atoms with Crippen molar-refractivity contribution in [2.24, 2.45) is 5.10 Å². The van der Waals surface area contributed by atoms with Crippen molar-refractivity contribution < 1.29 is 9.47 Å². The van der Waals surface area contributed by atoms with Gasteiger partial charge in [-0.2, -0.15) is 9.78 Å². The van der Waals surface area contributed by atoms with Gasteiger partial charge in [0.05, 0.1) is 13.3 Å². The molecule has 33 heavy (non-hydrogen) atoms. The number of rotatable bonds is 9. The average Bonchev–Trinajstić information content (AvgIpc) is 3.20. The van der Waals surface area contributed by atoms with Crippen LogP contribution in [0.15, 0.2) is 83.1 Å². The highest BCUT2D eigenvalue weighted by Gasteiger charge is 2.12. The Bertz CT molecular complexity index is 1240. The number of methoxy groups -OCH3 is 1. The Morgan fingerprint density at radius 3 is 2.52 bits per heavy atom. The molecule has 0 saturated carbocycles. The summed E-state index contributed by atoms with van der Waals surface area (Å²) >= 11 is 1.60. The topological polar surface area (TPSA) is 61.5 Å². The number of aromatic nitrogens is 3. The van der Waals surface area contributed by atoms with Crippen LogP contribution in [0.2, 0.25) is 0 Å². The Hall–Kier alpha value is -3.58. The van der Waals surface area contributed by atoms with Crippen molar-refractivity contribution in [3.8, 4) is 11.5 Å². The minimum Gasteiger partial charge on any atom is -0.493 e. The highest BCUT2D eigenvalue weighted by Crippen LogP contribution is 2.31. The van der Waals surface area contributed by atoms with Crippen molar-refractivity contribution in [1.82, 2.24) is 14.9 Å². The Labute approximate surface area is 198 Å². The standard InChI is InChI=1S/C26H26N4O2S/c1-19-9-7-12-22(15-19)17-32-25-23(13-8-14-24(25)31-3)16-27-30-20(2)28-29-26(30)33-18-21-10-5-4-6-11-21/h4-16H,17-18H2,1-3H3/b27-16+. The number of benzene rings is 3. The summed E-state index contributed by atoms with van der Waals surface area (Å²) in [6.07, 6.45) is 1.76. The number of ether oxygens (including phenoxy) is 2. The predicted molar refractivity (Wildman–Crippen MR) is 132 cm³/mol. The van der Waals surface area contributed by atoms with E-state index in [-0.39, 0.29) is 0 Å². The van der Waals surface area contributed by atoms with Crippen LogP contribution < -0.4 is 9.47 Å². The van der Waals surface area contributed by atoms with Crippen LogP contribution >= 0.6 is 11.8 Å². The maximum absolute atomic E-state index is 6.17. The van der Waals surface area contributed by atoms with Crippen LogP contribution in [-0.2, 0) is 12.4 Å². The Kier molecular flexibility index (Phi) is 7.42. The van der Waals surface area contributed by atoms with Gasteiger partial charge in [0, 0.05) is 11.3 Å². The first-order chi connectivity index (χ1) is 16.1. The summed E-state index contributed by atoms with van der Waals surface area (Å²) in [5.74, 6) is 2.81. The second-order valence-corrected chi connectivity index (χ2v) is 8.46. The molecule has 3 aromatic carbocycles. The molecule has 0 unspecified atom stereocenters. The molecule has 0 amide bonds. The Balaban J connectivity index is 1.55. The van der Waals surface area contributed by atoms with Gasteiger partial charge in [-0.3, -0.25) is 0 Å². The number of hydrogen-bond donors (Lipinski definition) is 0. The summed E-state index contributed by atoms with van der Waals surface area (Å²) in [5.41, 5.74) is 4.33. The van der Waals surface area contributed by atoms with Gasteiger partial charge in [0.25, 0.3) is 0 Å². The van der Waals surface area contributed by atoms with E-state index in [1.54, 1.807) is 29.8 Å². The van der Waals surface area contributed by atoms with Crippen LogP contribution in [0.3, 0.4) is 0 Å². The van der Waals surface area contributed by atoms with E-state index in [1.807, 2.05) is 55.5 Å². The molecule has 0 bridgehead atoms. The lowest BCUT2D eigenvalue weighted by Crippen LogP contribution is -2.02. The first-order valence-corrected chi connectivity index (χ1v) is 11.6. The third-order valence-corrected chi connectivity index (χ3v) is 5.98. The van der Waals surface area contributed by atoms with Crippen molar-refractivity contribution in [3.63, 3.8) is 0 Å². The lowest BCUT2D eigenvalue weighted by molar-refractivity contribution is 0.284. The molecule has 0 aliphatic heterocycles. The SMILES string of the molecule is COc1cccc(/C=N/n2c(C)nnc2SCc2ccccc2)c1OCc1cccc(C)c1. The van der Waals surface area contributed by atoms with Crippen molar-refractivity contribution >= 4 is 18.0 Å². The zero-order valence-electron chi connectivity index (χ0n) is 18.9. The summed E-state index contributed by atoms with van der Waals surface area (Å²) < 4.78 is 13.5. The monoisotopic (exact) mass is 458 g/mol. The molecule has 0 spiro atoms. The van der Waals surface area contributed by atoms with Crippen LogP contribution in [0.5, 0.6) is 11.5 Å². The molecule has 4 rings (SSSR count). The summed E-state index contributed by atoms with van der Waals surface area (Å²) in [5, 5.41) is 13.9. The molecule has 4 aromatic rings. The van der Waals surface area contributed by atoms with E-state index in [0.29, 0.717) is 23.9 Å². The minimum absolute atomic E-state index is 0.437. The van der Waals surface area contributed by atoms with Crippen LogP contribution in [0, 0.1) is 13.8 Å². The van der Waals surface area contributed by atoms with Gasteiger partial charge < -0.3 is 9.47 Å². The van der Waals surface area contributed by atoms with Gasteiger partial charge >= 0.3 is 0 Å². The molecule has 0 aliphatic rings. The van der Waals surface area contributed by atoms with E-state index in [1.165, 1.54) is 11.1 Å². The summed E-state index contributed by atoms with van der Waals surface area (Å²) in [6, 6.07) is 24.3. The lowest BCUT2D eigenvalue weighted by atomic mass is 10.1. The maximum Gasteiger partial charge on any atom is 0.212 e. The van der Waals surface area contributed by atoms with E-state index in [9.17, 15) is 0 Å². The molecule has 0 fully saturated rings. The van der Waals surface area contributed by atoms with Crippen molar-refractivity contribution in [2.75, 3.05) is 7.11 Å². The molecule has 1 heterocycles. The predicted octanol–water partition coefficient (Wildman–Crippen LogP) is 5.66. The smallest absolute Gasteiger partial charge is 0.212 e. The number of thioether (sulfide) groups is 1.